The fraction of sp³-hybridized carbons (Fsp3) is 0.577. The third kappa shape index (κ3) is 3.93. The van der Waals surface area contributed by atoms with E-state index in [9.17, 15) is 14.4 Å². The van der Waals surface area contributed by atoms with Gasteiger partial charge >= 0.3 is 0 Å². The van der Waals surface area contributed by atoms with Crippen molar-refractivity contribution in [2.45, 2.75) is 75.7 Å². The summed E-state index contributed by atoms with van der Waals surface area (Å²) in [5, 5.41) is 6.62. The molecule has 5 rings (SSSR count). The number of carbonyl (C=O) groups excluding carboxylic acids is 3. The van der Waals surface area contributed by atoms with E-state index in [4.69, 9.17) is 16.3 Å². The van der Waals surface area contributed by atoms with Crippen LogP contribution in [0.4, 0.5) is 5.69 Å². The van der Waals surface area contributed by atoms with Crippen LogP contribution in [0.2, 0.25) is 5.02 Å². The van der Waals surface area contributed by atoms with E-state index in [1.807, 2.05) is 12.2 Å². The standard InChI is InChI=1S/C26H32ClN3O4/c1-2-3-14-30-22(24(32)28-17-9-5-4-6-10-17)26-13-12-19(34-26)20(21(26)25(30)33)23(31)29-18-11-7-8-16(27)15-18/h7-8,11-13,15,17,19-22H,2-6,9-10,14H2,1H3,(H,28,32)(H,29,31)/t19-,20-,21-,22+,26+/m1/s1. The van der Waals surface area contributed by atoms with Crippen molar-refractivity contribution in [3.63, 3.8) is 0 Å². The Kier molecular flexibility index (Phi) is 6.42. The summed E-state index contributed by atoms with van der Waals surface area (Å²) in [5.74, 6) is -2.05. The Morgan fingerprint density at radius 1 is 1.21 bits per heavy atom. The van der Waals surface area contributed by atoms with Gasteiger partial charge in [0, 0.05) is 23.3 Å². The van der Waals surface area contributed by atoms with Crippen LogP contribution in [0.15, 0.2) is 36.4 Å². The van der Waals surface area contributed by atoms with E-state index in [-0.39, 0.29) is 23.8 Å². The molecule has 3 heterocycles. The highest BCUT2D eigenvalue weighted by Gasteiger charge is 2.72. The van der Waals surface area contributed by atoms with Crippen molar-refractivity contribution in [2.75, 3.05) is 11.9 Å². The summed E-state index contributed by atoms with van der Waals surface area (Å²) in [6, 6.07) is 6.29. The number of hydrogen-bond acceptors (Lipinski definition) is 4. The number of rotatable bonds is 7. The zero-order valence-corrected chi connectivity index (χ0v) is 20.2. The fourth-order valence-corrected chi connectivity index (χ4v) is 6.35. The number of benzene rings is 1. The van der Waals surface area contributed by atoms with Gasteiger partial charge in [0.05, 0.1) is 17.9 Å². The van der Waals surface area contributed by atoms with Gasteiger partial charge in [0.15, 0.2) is 0 Å². The Labute approximate surface area is 205 Å². The topological polar surface area (TPSA) is 87.7 Å². The van der Waals surface area contributed by atoms with E-state index < -0.39 is 29.6 Å². The SMILES string of the molecule is CCCCN1C(=O)[C@H]2[C@H](C(=O)Nc3cccc(Cl)c3)[C@H]3C=C[C@@]2(O3)[C@@H]1C(=O)NC1CCCCC1. The van der Waals surface area contributed by atoms with Gasteiger partial charge in [-0.3, -0.25) is 14.4 Å². The molecule has 1 spiro atoms. The van der Waals surface area contributed by atoms with Gasteiger partial charge in [0.25, 0.3) is 0 Å². The summed E-state index contributed by atoms with van der Waals surface area (Å²) in [4.78, 5) is 42.4. The molecule has 0 radical (unpaired) electrons. The smallest absolute Gasteiger partial charge is 0.246 e. The molecule has 1 saturated carbocycles. The number of unbranched alkanes of at least 4 members (excludes halogenated alkanes) is 1. The summed E-state index contributed by atoms with van der Waals surface area (Å²) < 4.78 is 6.36. The number of nitrogens with zero attached hydrogens (tertiary/aromatic N) is 1. The largest absolute Gasteiger partial charge is 0.359 e. The van der Waals surface area contributed by atoms with E-state index in [2.05, 4.69) is 17.6 Å². The predicted octanol–water partition coefficient (Wildman–Crippen LogP) is 3.68. The second kappa shape index (κ2) is 9.34. The van der Waals surface area contributed by atoms with Crippen LogP contribution in [-0.2, 0) is 19.1 Å². The molecule has 1 aromatic rings. The molecule has 182 valence electrons. The van der Waals surface area contributed by atoms with Crippen LogP contribution in [0.5, 0.6) is 0 Å². The zero-order valence-electron chi connectivity index (χ0n) is 19.5. The summed E-state index contributed by atoms with van der Waals surface area (Å²) in [5.41, 5.74) is -0.539. The summed E-state index contributed by atoms with van der Waals surface area (Å²) in [7, 11) is 0. The van der Waals surface area contributed by atoms with Crippen LogP contribution in [0.25, 0.3) is 0 Å². The number of likely N-dealkylation sites (tertiary alicyclic amines) is 1. The lowest BCUT2D eigenvalue weighted by molar-refractivity contribution is -0.141. The molecule has 0 aromatic heterocycles. The molecule has 3 fully saturated rings. The van der Waals surface area contributed by atoms with Gasteiger partial charge in [0.2, 0.25) is 17.7 Å². The number of amides is 3. The van der Waals surface area contributed by atoms with E-state index in [1.54, 1.807) is 29.2 Å². The van der Waals surface area contributed by atoms with Crippen molar-refractivity contribution in [2.24, 2.45) is 11.8 Å². The third-order valence-corrected chi connectivity index (χ3v) is 7.96. The first-order chi connectivity index (χ1) is 16.4. The number of nitrogens with one attached hydrogen (secondary N) is 2. The molecule has 3 amide bonds. The molecule has 2 bridgehead atoms. The van der Waals surface area contributed by atoms with Gasteiger partial charge in [-0.05, 0) is 37.5 Å². The molecule has 4 aliphatic rings. The maximum absolute atomic E-state index is 13.7. The molecule has 5 atom stereocenters. The molecule has 2 saturated heterocycles. The van der Waals surface area contributed by atoms with Crippen molar-refractivity contribution in [1.29, 1.82) is 0 Å². The highest BCUT2D eigenvalue weighted by molar-refractivity contribution is 6.30. The second-order valence-electron chi connectivity index (χ2n) is 9.93. The molecule has 8 heteroatoms. The molecule has 1 aliphatic carbocycles. The molecule has 7 nitrogen and oxygen atoms in total. The minimum absolute atomic E-state index is 0.129. The maximum atomic E-state index is 13.7. The van der Waals surface area contributed by atoms with E-state index in [0.29, 0.717) is 17.3 Å². The van der Waals surface area contributed by atoms with Crippen molar-refractivity contribution < 1.29 is 19.1 Å². The van der Waals surface area contributed by atoms with Crippen LogP contribution >= 0.6 is 11.6 Å². The number of ether oxygens (including phenoxy) is 1. The molecule has 34 heavy (non-hydrogen) atoms. The van der Waals surface area contributed by atoms with Crippen molar-refractivity contribution in [1.82, 2.24) is 10.2 Å². The minimum Gasteiger partial charge on any atom is -0.359 e. The van der Waals surface area contributed by atoms with Gasteiger partial charge in [-0.1, -0.05) is 62.4 Å². The average molecular weight is 486 g/mol. The molecule has 0 unspecified atom stereocenters. The van der Waals surface area contributed by atoms with Gasteiger partial charge in [-0.25, -0.2) is 0 Å². The Morgan fingerprint density at radius 3 is 2.74 bits per heavy atom. The number of hydrogen-bond donors (Lipinski definition) is 2. The predicted molar refractivity (Wildman–Crippen MR) is 129 cm³/mol. The lowest BCUT2D eigenvalue weighted by Crippen LogP contribution is -2.56. The number of fused-ring (bicyclic) bond motifs is 1. The van der Waals surface area contributed by atoms with Gasteiger partial charge in [-0.2, -0.15) is 0 Å². The van der Waals surface area contributed by atoms with Crippen LogP contribution in [0.3, 0.4) is 0 Å². The van der Waals surface area contributed by atoms with E-state index in [0.717, 1.165) is 38.5 Å². The first kappa shape index (κ1) is 23.4. The number of carbonyl (C=O) groups is 3. The van der Waals surface area contributed by atoms with Gasteiger partial charge < -0.3 is 20.3 Å². The highest BCUT2D eigenvalue weighted by atomic mass is 35.5. The molecule has 2 N–H and O–H groups in total. The molecule has 1 aromatic carbocycles. The van der Waals surface area contributed by atoms with E-state index in [1.165, 1.54) is 6.42 Å². The summed E-state index contributed by atoms with van der Waals surface area (Å²) in [6.45, 7) is 2.53. The Balaban J connectivity index is 1.42. The first-order valence-electron chi connectivity index (χ1n) is 12.5. The Bertz CT molecular complexity index is 1010. The quantitative estimate of drug-likeness (QED) is 0.577. The Morgan fingerprint density at radius 2 is 2.00 bits per heavy atom. The van der Waals surface area contributed by atoms with Gasteiger partial charge in [0.1, 0.15) is 11.6 Å². The van der Waals surface area contributed by atoms with Crippen molar-refractivity contribution >= 4 is 35.0 Å². The van der Waals surface area contributed by atoms with Crippen molar-refractivity contribution in [3.8, 4) is 0 Å². The fourth-order valence-electron chi connectivity index (χ4n) is 6.16. The zero-order chi connectivity index (χ0) is 23.9. The maximum Gasteiger partial charge on any atom is 0.246 e. The summed E-state index contributed by atoms with van der Waals surface area (Å²) >= 11 is 6.07. The van der Waals surface area contributed by atoms with Crippen LogP contribution < -0.4 is 10.6 Å². The minimum atomic E-state index is -1.11. The molecule has 3 aliphatic heterocycles. The summed E-state index contributed by atoms with van der Waals surface area (Å²) in [6.07, 6.45) is 10.2. The van der Waals surface area contributed by atoms with Crippen molar-refractivity contribution in [3.05, 3.63) is 41.4 Å². The molecular weight excluding hydrogens is 454 g/mol. The highest BCUT2D eigenvalue weighted by Crippen LogP contribution is 2.55. The van der Waals surface area contributed by atoms with E-state index >= 15 is 0 Å². The van der Waals surface area contributed by atoms with Crippen LogP contribution in [0, 0.1) is 11.8 Å². The van der Waals surface area contributed by atoms with Gasteiger partial charge in [-0.15, -0.1) is 0 Å². The third-order valence-electron chi connectivity index (χ3n) is 7.72. The normalized spacial score (nSPS) is 32.2. The Hall–Kier alpha value is -2.38. The lowest BCUT2D eigenvalue weighted by Gasteiger charge is -2.34. The second-order valence-corrected chi connectivity index (χ2v) is 10.4. The monoisotopic (exact) mass is 485 g/mol. The number of anilines is 1. The lowest BCUT2D eigenvalue weighted by atomic mass is 9.74. The van der Waals surface area contributed by atoms with Crippen LogP contribution in [-0.4, -0.2) is 53.0 Å². The van der Waals surface area contributed by atoms with Crippen LogP contribution in [0.1, 0.15) is 51.9 Å². The first-order valence-corrected chi connectivity index (χ1v) is 12.9. The molecular formula is C26H32ClN3O4. The average Bonchev–Trinajstić information content (AvgIpc) is 3.45. The number of halogens is 1.